The van der Waals surface area contributed by atoms with E-state index in [1.54, 1.807) is 0 Å². The van der Waals surface area contributed by atoms with Crippen molar-refractivity contribution >= 4 is 36.0 Å². The maximum Gasteiger partial charge on any atom is 0.410 e. The Balaban J connectivity index is 0.00000363. The van der Waals surface area contributed by atoms with E-state index in [2.05, 4.69) is 27.1 Å². The first-order chi connectivity index (χ1) is 14.8. The van der Waals surface area contributed by atoms with Crippen molar-refractivity contribution in [3.8, 4) is 0 Å². The van der Waals surface area contributed by atoms with Crippen LogP contribution in [0, 0.1) is 6.92 Å². The molecule has 2 bridgehead atoms. The molecular weight excluding hydrogens is 519 g/mol. The number of halogens is 1. The molecule has 1 amide bonds. The third kappa shape index (κ3) is 7.52. The summed E-state index contributed by atoms with van der Waals surface area (Å²) in [6.45, 7) is 12.5. The Morgan fingerprint density at radius 1 is 1.25 bits per heavy atom. The van der Waals surface area contributed by atoms with Crippen LogP contribution in [0.2, 0.25) is 0 Å². The van der Waals surface area contributed by atoms with E-state index in [0.29, 0.717) is 6.04 Å². The highest BCUT2D eigenvalue weighted by molar-refractivity contribution is 14.0. The van der Waals surface area contributed by atoms with Gasteiger partial charge in [0, 0.05) is 50.2 Å². The zero-order chi connectivity index (χ0) is 22.4. The Kier molecular flexibility index (Phi) is 10.1. The summed E-state index contributed by atoms with van der Waals surface area (Å²) < 4.78 is 7.83. The summed E-state index contributed by atoms with van der Waals surface area (Å²) in [4.78, 5) is 23.7. The van der Waals surface area contributed by atoms with Gasteiger partial charge in [0.15, 0.2) is 5.96 Å². The Bertz CT molecular complexity index is 746. The van der Waals surface area contributed by atoms with Crippen LogP contribution >= 0.6 is 24.0 Å². The van der Waals surface area contributed by atoms with Crippen molar-refractivity contribution in [1.82, 2.24) is 25.1 Å². The van der Waals surface area contributed by atoms with Crippen LogP contribution in [-0.4, -0.2) is 63.3 Å². The molecule has 9 heteroatoms. The number of aliphatic imine (C=N–C) groups is 1. The first-order valence-corrected chi connectivity index (χ1v) is 11.8. The fourth-order valence-corrected chi connectivity index (χ4v) is 4.65. The van der Waals surface area contributed by atoms with Crippen molar-refractivity contribution in [2.24, 2.45) is 4.99 Å². The van der Waals surface area contributed by atoms with Crippen LogP contribution in [0.1, 0.15) is 72.0 Å². The average molecular weight is 561 g/mol. The third-order valence-electron chi connectivity index (χ3n) is 6.02. The Hall–Kier alpha value is -1.52. The van der Waals surface area contributed by atoms with Crippen molar-refractivity contribution in [2.45, 2.75) is 103 Å². The molecule has 0 radical (unpaired) electrons. The Morgan fingerprint density at radius 3 is 2.50 bits per heavy atom. The molecule has 0 saturated carbocycles. The molecule has 0 aromatic carbocycles. The molecule has 1 aromatic rings. The highest BCUT2D eigenvalue weighted by Crippen LogP contribution is 2.36. The van der Waals surface area contributed by atoms with Crippen LogP contribution in [0.3, 0.4) is 0 Å². The van der Waals surface area contributed by atoms with Crippen molar-refractivity contribution in [3.63, 3.8) is 0 Å². The monoisotopic (exact) mass is 560 g/mol. The predicted molar refractivity (Wildman–Crippen MR) is 139 cm³/mol. The fourth-order valence-electron chi connectivity index (χ4n) is 4.65. The Labute approximate surface area is 210 Å². The van der Waals surface area contributed by atoms with Crippen LogP contribution in [0.4, 0.5) is 4.79 Å². The molecule has 0 aliphatic carbocycles. The highest BCUT2D eigenvalue weighted by Gasteiger charge is 2.45. The first-order valence-electron chi connectivity index (χ1n) is 11.8. The summed E-state index contributed by atoms with van der Waals surface area (Å²) in [6, 6.07) is 0.849. The van der Waals surface area contributed by atoms with Gasteiger partial charge in [0.2, 0.25) is 0 Å². The molecule has 182 valence electrons. The lowest BCUT2D eigenvalue weighted by molar-refractivity contribution is 0.00545. The van der Waals surface area contributed by atoms with Gasteiger partial charge in [0.25, 0.3) is 0 Å². The number of rotatable bonds is 7. The summed E-state index contributed by atoms with van der Waals surface area (Å²) in [7, 11) is 0. The first kappa shape index (κ1) is 26.7. The van der Waals surface area contributed by atoms with Crippen LogP contribution in [-0.2, 0) is 11.3 Å². The number of ether oxygens (including phenoxy) is 1. The molecule has 2 aliphatic heterocycles. The minimum absolute atomic E-state index is 0. The van der Waals surface area contributed by atoms with E-state index >= 15 is 0 Å². The molecule has 2 unspecified atom stereocenters. The van der Waals surface area contributed by atoms with Gasteiger partial charge >= 0.3 is 6.09 Å². The molecule has 2 aliphatic rings. The fraction of sp³-hybridized carbons (Fsp3) is 0.783. The van der Waals surface area contributed by atoms with Crippen LogP contribution in [0.15, 0.2) is 17.4 Å². The molecular formula is C23H41IN6O2. The smallest absolute Gasteiger partial charge is 0.410 e. The molecule has 3 rings (SSSR count). The van der Waals surface area contributed by atoms with Gasteiger partial charge in [0.05, 0.1) is 0 Å². The normalized spacial score (nSPS) is 23.0. The van der Waals surface area contributed by atoms with Crippen molar-refractivity contribution in [2.75, 3.05) is 13.1 Å². The SMILES string of the molecule is CCNC(=NCCCCn1ccnc1C)NC1CC2CCC(C1)N2C(=O)OC(C)(C)C.I. The number of nitrogens with one attached hydrogen (secondary N) is 2. The van der Waals surface area contributed by atoms with Gasteiger partial charge in [-0.3, -0.25) is 4.99 Å². The highest BCUT2D eigenvalue weighted by atomic mass is 127. The summed E-state index contributed by atoms with van der Waals surface area (Å²) in [5, 5.41) is 7.00. The second-order valence-electron chi connectivity index (χ2n) is 9.72. The lowest BCUT2D eigenvalue weighted by atomic mass is 9.98. The third-order valence-corrected chi connectivity index (χ3v) is 6.02. The second kappa shape index (κ2) is 12.1. The van der Waals surface area contributed by atoms with Gasteiger partial charge in [-0.15, -0.1) is 24.0 Å². The number of hydrogen-bond acceptors (Lipinski definition) is 4. The zero-order valence-electron chi connectivity index (χ0n) is 20.3. The number of imidazole rings is 1. The van der Waals surface area contributed by atoms with Crippen LogP contribution in [0.25, 0.3) is 0 Å². The molecule has 2 N–H and O–H groups in total. The number of carbonyl (C=O) groups is 1. The van der Waals surface area contributed by atoms with E-state index in [-0.39, 0.29) is 42.2 Å². The molecule has 1 aromatic heterocycles. The standard InChI is InChI=1S/C23H40N6O2.HI/c1-6-24-21(26-11-7-8-13-28-14-12-25-17(28)2)27-18-15-19-9-10-20(16-18)29(19)22(30)31-23(3,4)5;/h12,14,18-20H,6-11,13,15-16H2,1-5H3,(H2,24,26,27);1H. The van der Waals surface area contributed by atoms with Crippen molar-refractivity contribution < 1.29 is 9.53 Å². The lowest BCUT2D eigenvalue weighted by Crippen LogP contribution is -2.55. The zero-order valence-corrected chi connectivity index (χ0v) is 22.6. The number of aryl methyl sites for hydroxylation is 2. The number of unbranched alkanes of at least 4 members (excludes halogenated alkanes) is 1. The van der Waals surface area contributed by atoms with E-state index in [1.807, 2.05) is 45.0 Å². The molecule has 2 fully saturated rings. The number of hydrogen-bond donors (Lipinski definition) is 2. The minimum Gasteiger partial charge on any atom is -0.444 e. The van der Waals surface area contributed by atoms with E-state index in [1.165, 1.54) is 0 Å². The van der Waals surface area contributed by atoms with Gasteiger partial charge in [-0.25, -0.2) is 9.78 Å². The number of nitrogens with zero attached hydrogens (tertiary/aromatic N) is 4. The summed E-state index contributed by atoms with van der Waals surface area (Å²) >= 11 is 0. The molecule has 0 spiro atoms. The molecule has 8 nitrogen and oxygen atoms in total. The number of aromatic nitrogens is 2. The van der Waals surface area contributed by atoms with E-state index in [4.69, 9.17) is 9.73 Å². The van der Waals surface area contributed by atoms with E-state index < -0.39 is 5.60 Å². The molecule has 2 atom stereocenters. The summed E-state index contributed by atoms with van der Waals surface area (Å²) in [5.74, 6) is 1.95. The summed E-state index contributed by atoms with van der Waals surface area (Å²) in [5.41, 5.74) is -0.451. The van der Waals surface area contributed by atoms with Gasteiger partial charge in [0.1, 0.15) is 11.4 Å². The lowest BCUT2D eigenvalue weighted by Gasteiger charge is -2.40. The average Bonchev–Trinajstić information content (AvgIpc) is 3.20. The molecule has 2 saturated heterocycles. The number of carbonyl (C=O) groups excluding carboxylic acids is 1. The van der Waals surface area contributed by atoms with Crippen molar-refractivity contribution in [1.29, 1.82) is 0 Å². The van der Waals surface area contributed by atoms with Gasteiger partial charge in [-0.1, -0.05) is 0 Å². The van der Waals surface area contributed by atoms with Crippen LogP contribution in [0.5, 0.6) is 0 Å². The number of guanidine groups is 1. The Morgan fingerprint density at radius 2 is 1.94 bits per heavy atom. The number of amides is 1. The molecule has 32 heavy (non-hydrogen) atoms. The predicted octanol–water partition coefficient (Wildman–Crippen LogP) is 4.08. The van der Waals surface area contributed by atoms with Crippen molar-refractivity contribution in [3.05, 3.63) is 18.2 Å². The number of fused-ring (bicyclic) bond motifs is 2. The molecule has 3 heterocycles. The van der Waals surface area contributed by atoms with Gasteiger partial charge in [-0.05, 0) is 73.1 Å². The summed E-state index contributed by atoms with van der Waals surface area (Å²) in [6.07, 6.45) is 9.85. The van der Waals surface area contributed by atoms with E-state index in [9.17, 15) is 4.79 Å². The topological polar surface area (TPSA) is 83.8 Å². The maximum atomic E-state index is 12.7. The van der Waals surface area contributed by atoms with E-state index in [0.717, 1.165) is 69.9 Å². The second-order valence-corrected chi connectivity index (χ2v) is 9.72. The minimum atomic E-state index is -0.451. The quantitative estimate of drug-likeness (QED) is 0.227. The maximum absolute atomic E-state index is 12.7. The van der Waals surface area contributed by atoms with Gasteiger partial charge < -0.3 is 24.8 Å². The van der Waals surface area contributed by atoms with Gasteiger partial charge in [-0.2, -0.15) is 0 Å². The number of piperidine rings is 1. The largest absolute Gasteiger partial charge is 0.444 e. The van der Waals surface area contributed by atoms with Crippen LogP contribution < -0.4 is 10.6 Å².